The van der Waals surface area contributed by atoms with Crippen LogP contribution in [0.3, 0.4) is 0 Å². The Morgan fingerprint density at radius 2 is 1.70 bits per heavy atom. The molecule has 0 aliphatic carbocycles. The number of nitrogens with two attached hydrogens (primary N) is 1. The van der Waals surface area contributed by atoms with Crippen molar-refractivity contribution in [1.82, 2.24) is 4.31 Å². The number of hydrogen-bond donors (Lipinski definition) is 2. The maximum atomic E-state index is 13.0. The number of sulfonamides is 1. The van der Waals surface area contributed by atoms with Gasteiger partial charge in [-0.15, -0.1) is 0 Å². The van der Waals surface area contributed by atoms with Gasteiger partial charge in [-0.1, -0.05) is 42.5 Å². The van der Waals surface area contributed by atoms with Crippen molar-refractivity contribution < 1.29 is 22.7 Å². The Morgan fingerprint density at radius 1 is 1.03 bits per heavy atom. The molecule has 1 amide bonds. The summed E-state index contributed by atoms with van der Waals surface area (Å²) in [5, 5.41) is 3.90. The Morgan fingerprint density at radius 3 is 2.43 bits per heavy atom. The van der Waals surface area contributed by atoms with Gasteiger partial charge in [-0.25, -0.2) is 13.2 Å². The zero-order valence-electron chi connectivity index (χ0n) is 16.5. The van der Waals surface area contributed by atoms with E-state index < -0.39 is 28.4 Å². The lowest BCUT2D eigenvalue weighted by molar-refractivity contribution is -0.116. The van der Waals surface area contributed by atoms with E-state index in [-0.39, 0.29) is 21.8 Å². The van der Waals surface area contributed by atoms with Gasteiger partial charge in [-0.2, -0.15) is 4.31 Å². The van der Waals surface area contributed by atoms with E-state index >= 15 is 0 Å². The van der Waals surface area contributed by atoms with Crippen LogP contribution in [0.25, 0.3) is 10.8 Å². The molecule has 0 atom stereocenters. The van der Waals surface area contributed by atoms with Gasteiger partial charge in [0.25, 0.3) is 0 Å². The number of amides is 1. The van der Waals surface area contributed by atoms with Gasteiger partial charge in [-0.05, 0) is 23.6 Å². The summed E-state index contributed by atoms with van der Waals surface area (Å²) in [4.78, 5) is 24.3. The number of esters is 1. The summed E-state index contributed by atoms with van der Waals surface area (Å²) in [5.41, 5.74) is 6.27. The van der Waals surface area contributed by atoms with Crippen molar-refractivity contribution >= 4 is 44.0 Å². The normalized spacial score (nSPS) is 11.4. The molecule has 0 radical (unpaired) electrons. The molecular weight excluding hydrogens is 406 g/mol. The number of fused-ring (bicyclic) bond motifs is 1. The van der Waals surface area contributed by atoms with Gasteiger partial charge in [0, 0.05) is 12.4 Å². The van der Waals surface area contributed by atoms with Crippen molar-refractivity contribution in [2.45, 2.75) is 4.90 Å². The second-order valence-corrected chi connectivity index (χ2v) is 8.56. The molecule has 0 heterocycles. The Bertz CT molecular complexity index is 1220. The van der Waals surface area contributed by atoms with Gasteiger partial charge >= 0.3 is 5.97 Å². The summed E-state index contributed by atoms with van der Waals surface area (Å²) < 4.78 is 31.7. The van der Waals surface area contributed by atoms with E-state index in [0.29, 0.717) is 5.39 Å². The summed E-state index contributed by atoms with van der Waals surface area (Å²) in [6, 6.07) is 16.6. The van der Waals surface area contributed by atoms with Gasteiger partial charge in [0.2, 0.25) is 15.9 Å². The van der Waals surface area contributed by atoms with Crippen molar-refractivity contribution in [1.29, 1.82) is 0 Å². The van der Waals surface area contributed by atoms with E-state index in [1.807, 2.05) is 18.2 Å². The zero-order valence-corrected chi connectivity index (χ0v) is 17.3. The van der Waals surface area contributed by atoms with Gasteiger partial charge in [0.15, 0.2) is 0 Å². The molecule has 9 heteroatoms. The fraction of sp³-hybridized carbons (Fsp3) is 0.143. The molecule has 0 aliphatic heterocycles. The van der Waals surface area contributed by atoms with Crippen molar-refractivity contribution in [2.24, 2.45) is 0 Å². The van der Waals surface area contributed by atoms with Crippen molar-refractivity contribution in [3.8, 4) is 0 Å². The average Bonchev–Trinajstić information content (AvgIpc) is 2.74. The van der Waals surface area contributed by atoms with Crippen LogP contribution in [0, 0.1) is 0 Å². The van der Waals surface area contributed by atoms with Crippen molar-refractivity contribution in [3.05, 3.63) is 66.2 Å². The van der Waals surface area contributed by atoms with Crippen LogP contribution < -0.4 is 11.1 Å². The molecule has 0 saturated carbocycles. The molecule has 3 rings (SSSR count). The fourth-order valence-electron chi connectivity index (χ4n) is 3.03. The lowest BCUT2D eigenvalue weighted by Gasteiger charge is -2.18. The number of ether oxygens (including phenoxy) is 1. The molecule has 3 aromatic carbocycles. The molecule has 30 heavy (non-hydrogen) atoms. The highest BCUT2D eigenvalue weighted by Gasteiger charge is 2.25. The largest absolute Gasteiger partial charge is 0.465 e. The molecule has 8 nitrogen and oxygen atoms in total. The van der Waals surface area contributed by atoms with Gasteiger partial charge < -0.3 is 15.8 Å². The summed E-state index contributed by atoms with van der Waals surface area (Å²) in [7, 11) is -1.37. The summed E-state index contributed by atoms with van der Waals surface area (Å²) in [5.74, 6) is -1.24. The molecule has 0 saturated heterocycles. The second kappa shape index (κ2) is 8.52. The molecule has 0 aliphatic rings. The quantitative estimate of drug-likeness (QED) is 0.461. The predicted molar refractivity (Wildman–Crippen MR) is 115 cm³/mol. The van der Waals surface area contributed by atoms with Crippen molar-refractivity contribution in [2.75, 3.05) is 31.8 Å². The van der Waals surface area contributed by atoms with Gasteiger partial charge in [0.1, 0.15) is 0 Å². The first-order valence-corrected chi connectivity index (χ1v) is 10.4. The Labute approximate surface area is 174 Å². The van der Waals surface area contributed by atoms with Crippen LogP contribution in [0.4, 0.5) is 11.4 Å². The topological polar surface area (TPSA) is 119 Å². The third kappa shape index (κ3) is 4.12. The zero-order chi connectivity index (χ0) is 21.9. The first kappa shape index (κ1) is 21.3. The lowest BCUT2D eigenvalue weighted by atomic mass is 10.1. The number of para-hydroxylation sites is 1. The molecule has 3 N–H and O–H groups in total. The van der Waals surface area contributed by atoms with E-state index in [2.05, 4.69) is 10.1 Å². The minimum atomic E-state index is -3.92. The highest BCUT2D eigenvalue weighted by molar-refractivity contribution is 7.89. The molecule has 0 spiro atoms. The van der Waals surface area contributed by atoms with E-state index in [0.717, 1.165) is 9.69 Å². The van der Waals surface area contributed by atoms with Crippen LogP contribution in [0.5, 0.6) is 0 Å². The fourth-order valence-corrected chi connectivity index (χ4v) is 4.36. The average molecular weight is 427 g/mol. The number of nitrogens with zero attached hydrogens (tertiary/aromatic N) is 1. The van der Waals surface area contributed by atoms with Crippen molar-refractivity contribution in [3.63, 3.8) is 0 Å². The minimum Gasteiger partial charge on any atom is -0.465 e. The number of nitrogen functional groups attached to an aromatic ring is 1. The Kier molecular flexibility index (Phi) is 6.04. The Balaban J connectivity index is 1.81. The van der Waals surface area contributed by atoms with Gasteiger partial charge in [0.05, 0.1) is 35.5 Å². The van der Waals surface area contributed by atoms with Crippen LogP contribution in [-0.4, -0.2) is 45.3 Å². The number of benzene rings is 3. The number of carbonyl (C=O) groups excluding carboxylic acids is 2. The summed E-state index contributed by atoms with van der Waals surface area (Å²) in [6.45, 7) is -0.437. The molecule has 0 unspecified atom stereocenters. The monoisotopic (exact) mass is 427 g/mol. The highest BCUT2D eigenvalue weighted by Crippen LogP contribution is 2.26. The molecule has 3 aromatic rings. The second-order valence-electron chi connectivity index (χ2n) is 6.54. The van der Waals surface area contributed by atoms with E-state index in [1.54, 1.807) is 18.2 Å². The Hall–Kier alpha value is -3.43. The first-order valence-electron chi connectivity index (χ1n) is 8.96. The molecular formula is C21H21N3O5S. The van der Waals surface area contributed by atoms with Crippen LogP contribution >= 0.6 is 0 Å². The van der Waals surface area contributed by atoms with E-state index in [9.17, 15) is 18.0 Å². The summed E-state index contributed by atoms with van der Waals surface area (Å²) in [6.07, 6.45) is 0. The number of rotatable bonds is 6. The number of likely N-dealkylation sites (N-methyl/N-ethyl adjacent to an activating group) is 1. The molecule has 0 aromatic heterocycles. The highest BCUT2D eigenvalue weighted by atomic mass is 32.2. The molecule has 156 valence electrons. The lowest BCUT2D eigenvalue weighted by Crippen LogP contribution is -2.35. The van der Waals surface area contributed by atoms with Crippen LogP contribution in [0.2, 0.25) is 0 Å². The SMILES string of the molecule is COC(=O)c1cccc(NC(=O)CN(C)S(=O)(=O)c2cccc3ccccc23)c1N. The smallest absolute Gasteiger partial charge is 0.340 e. The number of anilines is 2. The first-order chi connectivity index (χ1) is 14.3. The standard InChI is InChI=1S/C21H21N3O5S/c1-24(30(27,28)18-12-5-8-14-7-3-4-9-15(14)18)13-19(25)23-17-11-6-10-16(20(17)22)21(26)29-2/h3-12H,13,22H2,1-2H3,(H,23,25). The molecule has 0 bridgehead atoms. The van der Waals surface area contributed by atoms with E-state index in [1.165, 1.54) is 38.4 Å². The number of hydrogen-bond acceptors (Lipinski definition) is 6. The van der Waals surface area contributed by atoms with E-state index in [4.69, 9.17) is 5.73 Å². The number of carbonyl (C=O) groups is 2. The number of nitrogens with one attached hydrogen (secondary N) is 1. The predicted octanol–water partition coefficient (Wildman–Crippen LogP) is 2.47. The number of methoxy groups -OCH3 is 1. The van der Waals surface area contributed by atoms with Crippen LogP contribution in [0.15, 0.2) is 65.6 Å². The van der Waals surface area contributed by atoms with Gasteiger partial charge in [-0.3, -0.25) is 4.79 Å². The van der Waals surface area contributed by atoms with Crippen LogP contribution in [-0.2, 0) is 19.6 Å². The minimum absolute atomic E-state index is 0.0391. The third-order valence-electron chi connectivity index (χ3n) is 4.59. The van der Waals surface area contributed by atoms with Crippen LogP contribution in [0.1, 0.15) is 10.4 Å². The maximum absolute atomic E-state index is 13.0. The summed E-state index contributed by atoms with van der Waals surface area (Å²) >= 11 is 0. The maximum Gasteiger partial charge on any atom is 0.340 e. The molecule has 0 fully saturated rings. The third-order valence-corrected chi connectivity index (χ3v) is 6.45.